The van der Waals surface area contributed by atoms with Crippen LogP contribution in [0.25, 0.3) is 6.08 Å². The first-order chi connectivity index (χ1) is 7.64. The van der Waals surface area contributed by atoms with Gasteiger partial charge in [-0.25, -0.2) is 0 Å². The van der Waals surface area contributed by atoms with Crippen LogP contribution < -0.4 is 5.73 Å². The Morgan fingerprint density at radius 1 is 1.38 bits per heavy atom. The molecule has 1 saturated carbocycles. The molecule has 0 heterocycles. The lowest BCUT2D eigenvalue weighted by molar-refractivity contribution is -0.139. The minimum absolute atomic E-state index is 0.318. The topological polar surface area (TPSA) is 63.3 Å². The van der Waals surface area contributed by atoms with Crippen molar-refractivity contribution >= 4 is 12.0 Å². The largest absolute Gasteiger partial charge is 0.480 e. The Balaban J connectivity index is 2.10. The first-order valence-electron chi connectivity index (χ1n) is 5.37. The maximum atomic E-state index is 10.8. The van der Waals surface area contributed by atoms with E-state index in [-0.39, 0.29) is 5.41 Å². The summed E-state index contributed by atoms with van der Waals surface area (Å²) in [5.41, 5.74) is 6.43. The van der Waals surface area contributed by atoms with E-state index in [0.717, 1.165) is 18.4 Å². The molecule has 1 fully saturated rings. The molecule has 1 aliphatic carbocycles. The molecule has 2 rings (SSSR count). The van der Waals surface area contributed by atoms with E-state index in [1.54, 1.807) is 0 Å². The summed E-state index contributed by atoms with van der Waals surface area (Å²) in [5, 5.41) is 8.90. The van der Waals surface area contributed by atoms with E-state index in [4.69, 9.17) is 10.8 Å². The highest BCUT2D eigenvalue weighted by atomic mass is 16.4. The van der Waals surface area contributed by atoms with Crippen LogP contribution in [0, 0.1) is 5.41 Å². The molecule has 0 spiro atoms. The van der Waals surface area contributed by atoms with Crippen LogP contribution in [0.1, 0.15) is 18.4 Å². The van der Waals surface area contributed by atoms with Gasteiger partial charge in [0.25, 0.3) is 0 Å². The number of benzene rings is 1. The molecule has 0 aromatic heterocycles. The fraction of sp³-hybridized carbons (Fsp3) is 0.308. The van der Waals surface area contributed by atoms with Gasteiger partial charge in [0.1, 0.15) is 6.04 Å². The van der Waals surface area contributed by atoms with Crippen molar-refractivity contribution in [2.45, 2.75) is 18.9 Å². The fourth-order valence-corrected chi connectivity index (χ4v) is 1.80. The zero-order valence-electron chi connectivity index (χ0n) is 8.97. The number of hydrogen-bond donors (Lipinski definition) is 2. The smallest absolute Gasteiger partial charge is 0.321 e. The average molecular weight is 217 g/mol. The molecule has 1 aromatic carbocycles. The Bertz CT molecular complexity index is 407. The van der Waals surface area contributed by atoms with E-state index in [0.29, 0.717) is 0 Å². The highest BCUT2D eigenvalue weighted by Crippen LogP contribution is 2.49. The molecule has 1 aromatic rings. The molecular weight excluding hydrogens is 202 g/mol. The lowest BCUT2D eigenvalue weighted by Gasteiger charge is -2.14. The lowest BCUT2D eigenvalue weighted by Crippen LogP contribution is -2.38. The maximum absolute atomic E-state index is 10.8. The van der Waals surface area contributed by atoms with Crippen LogP contribution in [0.3, 0.4) is 0 Å². The van der Waals surface area contributed by atoms with Crippen molar-refractivity contribution in [3.63, 3.8) is 0 Å². The Morgan fingerprint density at radius 2 is 2.00 bits per heavy atom. The standard InChI is InChI=1S/C13H15NO2/c14-11(12(15)16)13(8-9-13)7-6-10-4-2-1-3-5-10/h1-7,11H,8-9,14H2,(H,15,16)/b7-6+. The molecule has 3 heteroatoms. The van der Waals surface area contributed by atoms with E-state index in [1.165, 1.54) is 0 Å². The van der Waals surface area contributed by atoms with Crippen molar-refractivity contribution in [1.29, 1.82) is 0 Å². The third-order valence-corrected chi connectivity index (χ3v) is 3.12. The molecule has 16 heavy (non-hydrogen) atoms. The van der Waals surface area contributed by atoms with Crippen LogP contribution >= 0.6 is 0 Å². The summed E-state index contributed by atoms with van der Waals surface area (Å²) in [7, 11) is 0. The zero-order valence-corrected chi connectivity index (χ0v) is 8.97. The predicted octanol–water partition coefficient (Wildman–Crippen LogP) is 1.89. The van der Waals surface area contributed by atoms with Gasteiger partial charge in [0.05, 0.1) is 0 Å². The van der Waals surface area contributed by atoms with Gasteiger partial charge < -0.3 is 10.8 Å². The molecule has 0 aliphatic heterocycles. The molecule has 0 bridgehead atoms. The monoisotopic (exact) mass is 217 g/mol. The first kappa shape index (κ1) is 10.9. The van der Waals surface area contributed by atoms with Crippen LogP contribution in [0.2, 0.25) is 0 Å². The number of hydrogen-bond acceptors (Lipinski definition) is 2. The van der Waals surface area contributed by atoms with Crippen molar-refractivity contribution in [1.82, 2.24) is 0 Å². The highest BCUT2D eigenvalue weighted by Gasteiger charge is 2.48. The van der Waals surface area contributed by atoms with Crippen LogP contribution in [-0.4, -0.2) is 17.1 Å². The van der Waals surface area contributed by atoms with Crippen molar-refractivity contribution in [3.8, 4) is 0 Å². The molecule has 3 N–H and O–H groups in total. The molecule has 1 aliphatic rings. The minimum Gasteiger partial charge on any atom is -0.480 e. The van der Waals surface area contributed by atoms with Gasteiger partial charge in [-0.15, -0.1) is 0 Å². The highest BCUT2D eigenvalue weighted by molar-refractivity contribution is 5.76. The Labute approximate surface area is 94.6 Å². The van der Waals surface area contributed by atoms with Crippen LogP contribution in [0.15, 0.2) is 36.4 Å². The molecule has 0 saturated heterocycles. The quantitative estimate of drug-likeness (QED) is 0.809. The van der Waals surface area contributed by atoms with Crippen molar-refractivity contribution in [2.24, 2.45) is 11.1 Å². The van der Waals surface area contributed by atoms with Gasteiger partial charge in [-0.2, -0.15) is 0 Å². The van der Waals surface area contributed by atoms with Gasteiger partial charge in [0, 0.05) is 5.41 Å². The lowest BCUT2D eigenvalue weighted by atomic mass is 9.96. The summed E-state index contributed by atoms with van der Waals surface area (Å²) in [6, 6.07) is 9.05. The summed E-state index contributed by atoms with van der Waals surface area (Å²) in [4.78, 5) is 10.8. The van der Waals surface area contributed by atoms with Crippen molar-refractivity contribution < 1.29 is 9.90 Å². The summed E-state index contributed by atoms with van der Waals surface area (Å²) in [6.07, 6.45) is 5.63. The molecule has 84 valence electrons. The number of aliphatic carboxylic acids is 1. The fourth-order valence-electron chi connectivity index (χ4n) is 1.80. The first-order valence-corrected chi connectivity index (χ1v) is 5.37. The normalized spacial score (nSPS) is 19.6. The van der Waals surface area contributed by atoms with Gasteiger partial charge in [-0.3, -0.25) is 4.79 Å². The van der Waals surface area contributed by atoms with E-state index in [9.17, 15) is 4.79 Å². The Kier molecular flexibility index (Phi) is 2.79. The molecule has 0 amide bonds. The number of carboxylic acid groups (broad SMARTS) is 1. The summed E-state index contributed by atoms with van der Waals surface area (Å²) in [5.74, 6) is -0.921. The molecule has 1 unspecified atom stereocenters. The number of rotatable bonds is 4. The SMILES string of the molecule is NC(C(=O)O)C1(/C=C/c2ccccc2)CC1. The van der Waals surface area contributed by atoms with Crippen LogP contribution in [0.4, 0.5) is 0 Å². The number of carbonyl (C=O) groups is 1. The van der Waals surface area contributed by atoms with Gasteiger partial charge >= 0.3 is 5.97 Å². The summed E-state index contributed by atoms with van der Waals surface area (Å²) >= 11 is 0. The minimum atomic E-state index is -0.921. The molecule has 3 nitrogen and oxygen atoms in total. The molecular formula is C13H15NO2. The Morgan fingerprint density at radius 3 is 2.50 bits per heavy atom. The Hall–Kier alpha value is -1.61. The van der Waals surface area contributed by atoms with E-state index < -0.39 is 12.0 Å². The number of nitrogens with two attached hydrogens (primary N) is 1. The molecule has 0 radical (unpaired) electrons. The average Bonchev–Trinajstić information content (AvgIpc) is 3.08. The van der Waals surface area contributed by atoms with Crippen molar-refractivity contribution in [2.75, 3.05) is 0 Å². The summed E-state index contributed by atoms with van der Waals surface area (Å²) < 4.78 is 0. The van der Waals surface area contributed by atoms with Gasteiger partial charge in [0.15, 0.2) is 0 Å². The van der Waals surface area contributed by atoms with E-state index >= 15 is 0 Å². The number of carboxylic acids is 1. The van der Waals surface area contributed by atoms with Gasteiger partial charge in [-0.1, -0.05) is 42.5 Å². The third-order valence-electron chi connectivity index (χ3n) is 3.12. The van der Waals surface area contributed by atoms with Crippen LogP contribution in [0.5, 0.6) is 0 Å². The van der Waals surface area contributed by atoms with Crippen LogP contribution in [-0.2, 0) is 4.79 Å². The second-order valence-electron chi connectivity index (χ2n) is 4.29. The molecule has 1 atom stereocenters. The van der Waals surface area contributed by atoms with Crippen molar-refractivity contribution in [3.05, 3.63) is 42.0 Å². The second-order valence-corrected chi connectivity index (χ2v) is 4.29. The van der Waals surface area contributed by atoms with E-state index in [2.05, 4.69) is 0 Å². The summed E-state index contributed by atoms with van der Waals surface area (Å²) in [6.45, 7) is 0. The van der Waals surface area contributed by atoms with E-state index in [1.807, 2.05) is 42.5 Å². The maximum Gasteiger partial charge on any atom is 0.321 e. The predicted molar refractivity (Wildman–Crippen MR) is 62.8 cm³/mol. The van der Waals surface area contributed by atoms with Gasteiger partial charge in [-0.05, 0) is 18.4 Å². The van der Waals surface area contributed by atoms with Gasteiger partial charge in [0.2, 0.25) is 0 Å². The second kappa shape index (κ2) is 4.10. The zero-order chi connectivity index (χ0) is 11.6. The third kappa shape index (κ3) is 2.14.